The third-order valence-electron chi connectivity index (χ3n) is 3.22. The van der Waals surface area contributed by atoms with E-state index in [-0.39, 0.29) is 17.6 Å². The number of nitrogens with one attached hydrogen (secondary N) is 1. The normalized spacial score (nSPS) is 12.4. The highest BCUT2D eigenvalue weighted by Gasteiger charge is 2.13. The number of halogens is 2. The second-order valence-corrected chi connectivity index (χ2v) is 4.60. The van der Waals surface area contributed by atoms with Crippen LogP contribution < -0.4 is 5.32 Å². The van der Waals surface area contributed by atoms with Crippen molar-refractivity contribution in [3.8, 4) is 0 Å². The summed E-state index contributed by atoms with van der Waals surface area (Å²) in [6.45, 7) is 0.722. The average molecular weight is 261 g/mol. The molecule has 0 saturated heterocycles. The van der Waals surface area contributed by atoms with Gasteiger partial charge in [0.05, 0.1) is 0 Å². The van der Waals surface area contributed by atoms with Crippen LogP contribution in [0.25, 0.3) is 0 Å². The fourth-order valence-electron chi connectivity index (χ4n) is 2.22. The fraction of sp³-hybridized carbons (Fsp3) is 0.250. The molecule has 0 fully saturated rings. The molecule has 0 amide bonds. The number of benzene rings is 2. The maximum Gasteiger partial charge on any atom is 0.126 e. The second-order valence-electron chi connectivity index (χ2n) is 4.60. The Labute approximate surface area is 112 Å². The fourth-order valence-corrected chi connectivity index (χ4v) is 2.22. The van der Waals surface area contributed by atoms with Gasteiger partial charge in [0.1, 0.15) is 11.6 Å². The smallest absolute Gasteiger partial charge is 0.126 e. The Morgan fingerprint density at radius 1 is 1.00 bits per heavy atom. The zero-order valence-corrected chi connectivity index (χ0v) is 10.9. The summed E-state index contributed by atoms with van der Waals surface area (Å²) in [5.74, 6) is -0.314. The van der Waals surface area contributed by atoms with E-state index in [2.05, 4.69) is 5.32 Å². The molecule has 19 heavy (non-hydrogen) atoms. The molecule has 1 atom stereocenters. The number of hydrogen-bond donors (Lipinski definition) is 1. The van der Waals surface area contributed by atoms with Crippen LogP contribution in [-0.2, 0) is 6.42 Å². The van der Waals surface area contributed by atoms with Gasteiger partial charge in [-0.15, -0.1) is 0 Å². The minimum atomic E-state index is -0.252. The number of hydrogen-bond acceptors (Lipinski definition) is 1. The first-order valence-corrected chi connectivity index (χ1v) is 6.34. The molecule has 0 heterocycles. The van der Waals surface area contributed by atoms with Gasteiger partial charge in [-0.3, -0.25) is 0 Å². The molecule has 2 aromatic carbocycles. The zero-order chi connectivity index (χ0) is 13.7. The molecule has 100 valence electrons. The van der Waals surface area contributed by atoms with E-state index in [0.29, 0.717) is 12.0 Å². The molecule has 2 aromatic rings. The third-order valence-corrected chi connectivity index (χ3v) is 3.22. The SMILES string of the molecule is CNCC(Cc1ccccc1F)c1ccc(F)cc1. The first kappa shape index (κ1) is 13.7. The summed E-state index contributed by atoms with van der Waals surface area (Å²) in [6.07, 6.45) is 0.596. The Morgan fingerprint density at radius 3 is 2.32 bits per heavy atom. The van der Waals surface area contributed by atoms with Crippen molar-refractivity contribution in [1.29, 1.82) is 0 Å². The monoisotopic (exact) mass is 261 g/mol. The van der Waals surface area contributed by atoms with Crippen molar-refractivity contribution in [2.24, 2.45) is 0 Å². The van der Waals surface area contributed by atoms with Crippen LogP contribution in [0.3, 0.4) is 0 Å². The van der Waals surface area contributed by atoms with Gasteiger partial charge in [0.25, 0.3) is 0 Å². The molecular weight excluding hydrogens is 244 g/mol. The Kier molecular flexibility index (Phi) is 4.63. The molecule has 0 aromatic heterocycles. The van der Waals surface area contributed by atoms with Crippen LogP contribution >= 0.6 is 0 Å². The summed E-state index contributed by atoms with van der Waals surface area (Å²) in [5, 5.41) is 3.10. The van der Waals surface area contributed by atoms with Crippen molar-refractivity contribution < 1.29 is 8.78 Å². The van der Waals surface area contributed by atoms with E-state index in [1.54, 1.807) is 24.3 Å². The number of rotatable bonds is 5. The molecule has 0 aliphatic carbocycles. The lowest BCUT2D eigenvalue weighted by molar-refractivity contribution is 0.572. The van der Waals surface area contributed by atoms with Crippen molar-refractivity contribution in [2.75, 3.05) is 13.6 Å². The van der Waals surface area contributed by atoms with Crippen molar-refractivity contribution in [3.63, 3.8) is 0 Å². The van der Waals surface area contributed by atoms with Gasteiger partial charge < -0.3 is 5.32 Å². The molecule has 1 unspecified atom stereocenters. The van der Waals surface area contributed by atoms with Gasteiger partial charge in [-0.1, -0.05) is 30.3 Å². The standard InChI is InChI=1S/C16H17F2N/c1-19-11-14(12-6-8-15(17)9-7-12)10-13-4-2-3-5-16(13)18/h2-9,14,19H,10-11H2,1H3. The first-order chi connectivity index (χ1) is 9.20. The van der Waals surface area contributed by atoms with E-state index >= 15 is 0 Å². The van der Waals surface area contributed by atoms with Crippen molar-refractivity contribution in [1.82, 2.24) is 5.32 Å². The highest BCUT2D eigenvalue weighted by atomic mass is 19.1. The van der Waals surface area contributed by atoms with Gasteiger partial charge in [-0.25, -0.2) is 8.78 Å². The summed E-state index contributed by atoms with van der Waals surface area (Å²) in [4.78, 5) is 0. The van der Waals surface area contributed by atoms with Crippen LogP contribution in [0.15, 0.2) is 48.5 Å². The Hall–Kier alpha value is -1.74. The summed E-state index contributed by atoms with van der Waals surface area (Å²) >= 11 is 0. The Morgan fingerprint density at radius 2 is 1.68 bits per heavy atom. The zero-order valence-electron chi connectivity index (χ0n) is 10.9. The highest BCUT2D eigenvalue weighted by Crippen LogP contribution is 2.22. The van der Waals surface area contributed by atoms with Gasteiger partial charge in [-0.05, 0) is 42.8 Å². The lowest BCUT2D eigenvalue weighted by Crippen LogP contribution is -2.19. The number of likely N-dealkylation sites (N-methyl/N-ethyl adjacent to an activating group) is 1. The van der Waals surface area contributed by atoms with E-state index in [1.165, 1.54) is 18.2 Å². The predicted molar refractivity (Wildman–Crippen MR) is 73.2 cm³/mol. The van der Waals surface area contributed by atoms with Crippen molar-refractivity contribution >= 4 is 0 Å². The molecule has 0 bridgehead atoms. The molecule has 0 aliphatic rings. The van der Waals surface area contributed by atoms with Gasteiger partial charge in [-0.2, -0.15) is 0 Å². The second kappa shape index (κ2) is 6.43. The molecule has 1 nitrogen and oxygen atoms in total. The van der Waals surface area contributed by atoms with Crippen LogP contribution in [0.2, 0.25) is 0 Å². The molecule has 0 saturated carbocycles. The molecule has 3 heteroatoms. The minimum Gasteiger partial charge on any atom is -0.319 e. The Bertz CT molecular complexity index is 523. The van der Waals surface area contributed by atoms with Crippen LogP contribution in [0.1, 0.15) is 17.0 Å². The summed E-state index contributed by atoms with van der Waals surface area (Å²) < 4.78 is 26.6. The predicted octanol–water partition coefficient (Wildman–Crippen LogP) is 3.51. The lowest BCUT2D eigenvalue weighted by atomic mass is 9.91. The van der Waals surface area contributed by atoms with Crippen molar-refractivity contribution in [3.05, 3.63) is 71.3 Å². The van der Waals surface area contributed by atoms with E-state index in [9.17, 15) is 8.78 Å². The van der Waals surface area contributed by atoms with Gasteiger partial charge >= 0.3 is 0 Å². The van der Waals surface area contributed by atoms with E-state index in [0.717, 1.165) is 12.1 Å². The van der Waals surface area contributed by atoms with Crippen LogP contribution in [0.5, 0.6) is 0 Å². The van der Waals surface area contributed by atoms with Gasteiger partial charge in [0.2, 0.25) is 0 Å². The minimum absolute atomic E-state index is 0.127. The first-order valence-electron chi connectivity index (χ1n) is 6.34. The summed E-state index contributed by atoms with van der Waals surface area (Å²) in [6, 6.07) is 13.2. The largest absolute Gasteiger partial charge is 0.319 e. The summed E-state index contributed by atoms with van der Waals surface area (Å²) in [5.41, 5.74) is 1.70. The maximum absolute atomic E-state index is 13.7. The molecule has 0 radical (unpaired) electrons. The maximum atomic E-state index is 13.7. The molecule has 0 spiro atoms. The van der Waals surface area contributed by atoms with Gasteiger partial charge in [0, 0.05) is 12.5 Å². The quantitative estimate of drug-likeness (QED) is 0.868. The highest BCUT2D eigenvalue weighted by molar-refractivity contribution is 5.26. The average Bonchev–Trinajstić information content (AvgIpc) is 2.42. The van der Waals surface area contributed by atoms with Crippen LogP contribution in [0.4, 0.5) is 8.78 Å². The third kappa shape index (κ3) is 3.61. The van der Waals surface area contributed by atoms with Crippen LogP contribution in [0, 0.1) is 11.6 Å². The van der Waals surface area contributed by atoms with Gasteiger partial charge in [0.15, 0.2) is 0 Å². The molecule has 2 rings (SSSR count). The topological polar surface area (TPSA) is 12.0 Å². The van der Waals surface area contributed by atoms with E-state index < -0.39 is 0 Å². The summed E-state index contributed by atoms with van der Waals surface area (Å²) in [7, 11) is 1.86. The molecule has 0 aliphatic heterocycles. The molecule has 1 N–H and O–H groups in total. The van der Waals surface area contributed by atoms with E-state index in [4.69, 9.17) is 0 Å². The van der Waals surface area contributed by atoms with E-state index in [1.807, 2.05) is 13.1 Å². The Balaban J connectivity index is 2.21. The lowest BCUT2D eigenvalue weighted by Gasteiger charge is -2.17. The molecular formula is C16H17F2N. The van der Waals surface area contributed by atoms with Crippen LogP contribution in [-0.4, -0.2) is 13.6 Å². The van der Waals surface area contributed by atoms with Crippen molar-refractivity contribution in [2.45, 2.75) is 12.3 Å².